The van der Waals surface area contributed by atoms with E-state index >= 15 is 0 Å². The summed E-state index contributed by atoms with van der Waals surface area (Å²) in [7, 11) is 0. The standard InChI is InChI=1S/C23H20N4O/c28-23(14-17-15-25-21-4-2-1-3-20(17)21)26-18-5-6-22-16(13-18)9-12-27(22)19-7-10-24-11-8-19/h1-8,10-11,13,15,25H,9,12,14H2,(H,26,28). The Morgan fingerprint density at radius 3 is 2.86 bits per heavy atom. The second-order valence-corrected chi connectivity index (χ2v) is 7.03. The van der Waals surface area contributed by atoms with Crippen LogP contribution in [0.1, 0.15) is 11.1 Å². The van der Waals surface area contributed by atoms with E-state index in [4.69, 9.17) is 0 Å². The fraction of sp³-hybridized carbons (Fsp3) is 0.130. The number of pyridine rings is 1. The molecule has 0 radical (unpaired) electrons. The van der Waals surface area contributed by atoms with Crippen molar-refractivity contribution < 1.29 is 4.79 Å². The van der Waals surface area contributed by atoms with Crippen LogP contribution in [-0.2, 0) is 17.6 Å². The molecule has 0 bridgehead atoms. The van der Waals surface area contributed by atoms with Gasteiger partial charge in [0.2, 0.25) is 5.91 Å². The van der Waals surface area contributed by atoms with E-state index < -0.39 is 0 Å². The number of nitrogens with zero attached hydrogens (tertiary/aromatic N) is 2. The van der Waals surface area contributed by atoms with Crippen molar-refractivity contribution in [3.63, 3.8) is 0 Å². The zero-order valence-electron chi connectivity index (χ0n) is 15.4. The number of carbonyl (C=O) groups is 1. The lowest BCUT2D eigenvalue weighted by Gasteiger charge is -2.19. The van der Waals surface area contributed by atoms with Gasteiger partial charge in [0, 0.05) is 53.1 Å². The van der Waals surface area contributed by atoms with Crippen molar-refractivity contribution in [1.29, 1.82) is 0 Å². The molecule has 0 saturated heterocycles. The van der Waals surface area contributed by atoms with Crippen molar-refractivity contribution in [2.75, 3.05) is 16.8 Å². The number of H-pyrrole nitrogens is 1. The Morgan fingerprint density at radius 1 is 1.11 bits per heavy atom. The lowest BCUT2D eigenvalue weighted by atomic mass is 10.1. The van der Waals surface area contributed by atoms with E-state index in [0.29, 0.717) is 6.42 Å². The summed E-state index contributed by atoms with van der Waals surface area (Å²) in [5.74, 6) is -0.00584. The first-order valence-corrected chi connectivity index (χ1v) is 9.43. The van der Waals surface area contributed by atoms with E-state index in [0.717, 1.165) is 40.8 Å². The van der Waals surface area contributed by atoms with Gasteiger partial charge in [0.25, 0.3) is 0 Å². The van der Waals surface area contributed by atoms with Gasteiger partial charge in [-0.2, -0.15) is 0 Å². The zero-order valence-corrected chi connectivity index (χ0v) is 15.4. The van der Waals surface area contributed by atoms with E-state index in [1.165, 1.54) is 11.3 Å². The van der Waals surface area contributed by atoms with Crippen molar-refractivity contribution in [1.82, 2.24) is 9.97 Å². The van der Waals surface area contributed by atoms with Gasteiger partial charge in [0.05, 0.1) is 6.42 Å². The molecule has 28 heavy (non-hydrogen) atoms. The number of para-hydroxylation sites is 1. The third-order valence-corrected chi connectivity index (χ3v) is 5.26. The van der Waals surface area contributed by atoms with Crippen LogP contribution in [0.4, 0.5) is 17.1 Å². The molecule has 2 aromatic carbocycles. The molecule has 5 nitrogen and oxygen atoms in total. The molecule has 1 aliphatic rings. The van der Waals surface area contributed by atoms with Crippen LogP contribution in [-0.4, -0.2) is 22.4 Å². The largest absolute Gasteiger partial charge is 0.361 e. The summed E-state index contributed by atoms with van der Waals surface area (Å²) in [6.07, 6.45) is 6.85. The smallest absolute Gasteiger partial charge is 0.228 e. The number of anilines is 3. The van der Waals surface area contributed by atoms with Crippen LogP contribution in [0, 0.1) is 0 Å². The molecule has 2 N–H and O–H groups in total. The molecule has 5 heteroatoms. The third-order valence-electron chi connectivity index (χ3n) is 5.26. The Bertz CT molecular complexity index is 1150. The maximum absolute atomic E-state index is 12.6. The van der Waals surface area contributed by atoms with E-state index in [9.17, 15) is 4.79 Å². The number of hydrogen-bond donors (Lipinski definition) is 2. The molecule has 0 atom stereocenters. The number of aromatic amines is 1. The van der Waals surface area contributed by atoms with Gasteiger partial charge in [-0.15, -0.1) is 0 Å². The Hall–Kier alpha value is -3.60. The minimum atomic E-state index is -0.00584. The quantitative estimate of drug-likeness (QED) is 0.560. The molecule has 0 aliphatic carbocycles. The molecular formula is C23H20N4O. The zero-order chi connectivity index (χ0) is 18.9. The number of aromatic nitrogens is 2. The van der Waals surface area contributed by atoms with Crippen LogP contribution in [0.5, 0.6) is 0 Å². The molecule has 0 unspecified atom stereocenters. The lowest BCUT2D eigenvalue weighted by Crippen LogP contribution is -2.14. The molecule has 1 amide bonds. The molecule has 0 fully saturated rings. The maximum atomic E-state index is 12.6. The van der Waals surface area contributed by atoms with Gasteiger partial charge in [-0.1, -0.05) is 18.2 Å². The van der Waals surface area contributed by atoms with Crippen molar-refractivity contribution in [3.05, 3.63) is 84.3 Å². The fourth-order valence-corrected chi connectivity index (χ4v) is 3.93. The van der Waals surface area contributed by atoms with Gasteiger partial charge < -0.3 is 15.2 Å². The highest BCUT2D eigenvalue weighted by Crippen LogP contribution is 2.35. The first-order chi connectivity index (χ1) is 13.8. The van der Waals surface area contributed by atoms with Gasteiger partial charge in [0.1, 0.15) is 0 Å². The summed E-state index contributed by atoms with van der Waals surface area (Å²) >= 11 is 0. The summed E-state index contributed by atoms with van der Waals surface area (Å²) in [6, 6.07) is 18.2. The second kappa shape index (κ2) is 6.85. The SMILES string of the molecule is O=C(Cc1c[nH]c2ccccc12)Nc1ccc2c(c1)CCN2c1ccncc1. The van der Waals surface area contributed by atoms with Crippen LogP contribution in [0.25, 0.3) is 10.9 Å². The van der Waals surface area contributed by atoms with E-state index in [1.54, 1.807) is 0 Å². The highest BCUT2D eigenvalue weighted by Gasteiger charge is 2.21. The van der Waals surface area contributed by atoms with Crippen molar-refractivity contribution in [3.8, 4) is 0 Å². The van der Waals surface area contributed by atoms with E-state index in [1.807, 2.05) is 61.1 Å². The fourth-order valence-electron chi connectivity index (χ4n) is 3.93. The molecule has 1 aliphatic heterocycles. The summed E-state index contributed by atoms with van der Waals surface area (Å²) < 4.78 is 0. The average Bonchev–Trinajstić information content (AvgIpc) is 3.33. The summed E-state index contributed by atoms with van der Waals surface area (Å²) in [6.45, 7) is 0.937. The van der Waals surface area contributed by atoms with Gasteiger partial charge in [-0.25, -0.2) is 0 Å². The van der Waals surface area contributed by atoms with Crippen LogP contribution in [0.15, 0.2) is 73.2 Å². The molecule has 5 rings (SSSR count). The number of carbonyl (C=O) groups excluding carboxylic acids is 1. The van der Waals surface area contributed by atoms with Crippen LogP contribution in [0.2, 0.25) is 0 Å². The first kappa shape index (κ1) is 16.6. The van der Waals surface area contributed by atoms with Gasteiger partial charge in [-0.3, -0.25) is 9.78 Å². The summed E-state index contributed by atoms with van der Waals surface area (Å²) in [5, 5.41) is 4.14. The Kier molecular flexibility index (Phi) is 4.05. The molecule has 4 aromatic rings. The summed E-state index contributed by atoms with van der Waals surface area (Å²) in [4.78, 5) is 22.2. The third kappa shape index (κ3) is 3.01. The normalized spacial score (nSPS) is 12.9. The number of hydrogen-bond acceptors (Lipinski definition) is 3. The second-order valence-electron chi connectivity index (χ2n) is 7.03. The molecule has 0 spiro atoms. The topological polar surface area (TPSA) is 61.0 Å². The first-order valence-electron chi connectivity index (χ1n) is 9.43. The lowest BCUT2D eigenvalue weighted by molar-refractivity contribution is -0.115. The monoisotopic (exact) mass is 368 g/mol. The van der Waals surface area contributed by atoms with Crippen LogP contribution >= 0.6 is 0 Å². The van der Waals surface area contributed by atoms with Gasteiger partial charge in [0.15, 0.2) is 0 Å². The molecule has 138 valence electrons. The van der Waals surface area contributed by atoms with Crippen molar-refractivity contribution in [2.45, 2.75) is 12.8 Å². The molecule has 0 saturated carbocycles. The number of amides is 1. The highest BCUT2D eigenvalue weighted by molar-refractivity contribution is 5.96. The Morgan fingerprint density at radius 2 is 1.96 bits per heavy atom. The predicted octanol–water partition coefficient (Wildman–Crippen LogP) is 4.44. The number of benzene rings is 2. The number of nitrogens with one attached hydrogen (secondary N) is 2. The minimum Gasteiger partial charge on any atom is -0.361 e. The molecular weight excluding hydrogens is 348 g/mol. The van der Waals surface area contributed by atoms with Gasteiger partial charge in [-0.05, 0) is 53.9 Å². The van der Waals surface area contributed by atoms with E-state index in [-0.39, 0.29) is 5.91 Å². The van der Waals surface area contributed by atoms with Gasteiger partial charge >= 0.3 is 0 Å². The minimum absolute atomic E-state index is 0.00584. The van der Waals surface area contributed by atoms with Crippen molar-refractivity contribution >= 4 is 33.9 Å². The molecule has 2 aromatic heterocycles. The van der Waals surface area contributed by atoms with Crippen LogP contribution < -0.4 is 10.2 Å². The predicted molar refractivity (Wildman–Crippen MR) is 112 cm³/mol. The highest BCUT2D eigenvalue weighted by atomic mass is 16.1. The average molecular weight is 368 g/mol. The maximum Gasteiger partial charge on any atom is 0.228 e. The Balaban J connectivity index is 1.32. The molecule has 3 heterocycles. The van der Waals surface area contributed by atoms with Crippen molar-refractivity contribution in [2.24, 2.45) is 0 Å². The number of fused-ring (bicyclic) bond motifs is 2. The Labute approximate surface area is 163 Å². The summed E-state index contributed by atoms with van der Waals surface area (Å²) in [5.41, 5.74) is 6.50. The number of rotatable bonds is 4. The van der Waals surface area contributed by atoms with Crippen LogP contribution in [0.3, 0.4) is 0 Å². The van der Waals surface area contributed by atoms with E-state index in [2.05, 4.69) is 32.3 Å².